The van der Waals surface area contributed by atoms with E-state index >= 15 is 0 Å². The Labute approximate surface area is 84.8 Å². The van der Waals surface area contributed by atoms with Crippen molar-refractivity contribution >= 4 is 0 Å². The number of allylic oxidation sites excluding steroid dienone is 1. The highest BCUT2D eigenvalue weighted by Gasteiger charge is 1.95. The number of hydrogen-bond donors (Lipinski definition) is 1. The lowest BCUT2D eigenvalue weighted by atomic mass is 10.3. The molecule has 0 unspecified atom stereocenters. The largest absolute Gasteiger partial charge is 0.489 e. The molecule has 0 amide bonds. The van der Waals surface area contributed by atoms with Crippen LogP contribution in [-0.2, 0) is 6.54 Å². The molecule has 1 rings (SSSR count). The molecule has 0 radical (unpaired) electrons. The Balaban J connectivity index is 2.54. The smallest absolute Gasteiger partial charge is 0.123 e. The fourth-order valence-corrected chi connectivity index (χ4v) is 1.06. The molecule has 0 fully saturated rings. The second kappa shape index (κ2) is 6.16. The van der Waals surface area contributed by atoms with Crippen LogP contribution in [0.5, 0.6) is 5.75 Å². The normalized spacial score (nSPS) is 10.7. The van der Waals surface area contributed by atoms with Crippen LogP contribution in [-0.4, -0.2) is 18.6 Å². The molecule has 14 heavy (non-hydrogen) atoms. The molecule has 0 aliphatic heterocycles. The van der Waals surface area contributed by atoms with Gasteiger partial charge >= 0.3 is 0 Å². The second-order valence-corrected chi connectivity index (χ2v) is 2.89. The molecule has 0 aliphatic rings. The van der Waals surface area contributed by atoms with Crippen molar-refractivity contribution in [2.24, 2.45) is 0 Å². The lowest BCUT2D eigenvalue weighted by Gasteiger charge is -2.04. The first-order valence-corrected chi connectivity index (χ1v) is 4.70. The molecular formula is C11H16N2O. The summed E-state index contributed by atoms with van der Waals surface area (Å²) in [5.74, 6) is 0.864. The quantitative estimate of drug-likeness (QED) is 0.722. The SMILES string of the molecule is CC=CCOc1ccnc(CNC)c1. The summed E-state index contributed by atoms with van der Waals surface area (Å²) in [6.07, 6.45) is 5.70. The van der Waals surface area contributed by atoms with E-state index in [-0.39, 0.29) is 0 Å². The molecule has 0 saturated carbocycles. The fraction of sp³-hybridized carbons (Fsp3) is 0.364. The van der Waals surface area contributed by atoms with E-state index < -0.39 is 0 Å². The topological polar surface area (TPSA) is 34.1 Å². The molecule has 1 heterocycles. The number of rotatable bonds is 5. The van der Waals surface area contributed by atoms with Crippen molar-refractivity contribution in [1.82, 2.24) is 10.3 Å². The van der Waals surface area contributed by atoms with Gasteiger partial charge in [-0.15, -0.1) is 0 Å². The van der Waals surface area contributed by atoms with Gasteiger partial charge in [0.15, 0.2) is 0 Å². The summed E-state index contributed by atoms with van der Waals surface area (Å²) < 4.78 is 5.48. The molecule has 76 valence electrons. The summed E-state index contributed by atoms with van der Waals surface area (Å²) in [5.41, 5.74) is 0.991. The molecule has 0 aromatic carbocycles. The summed E-state index contributed by atoms with van der Waals surface area (Å²) in [7, 11) is 1.90. The van der Waals surface area contributed by atoms with Gasteiger partial charge in [0, 0.05) is 18.8 Å². The van der Waals surface area contributed by atoms with Crippen LogP contribution in [0.2, 0.25) is 0 Å². The third-order valence-electron chi connectivity index (χ3n) is 1.73. The lowest BCUT2D eigenvalue weighted by molar-refractivity contribution is 0.361. The van der Waals surface area contributed by atoms with Crippen molar-refractivity contribution in [2.45, 2.75) is 13.5 Å². The molecule has 0 saturated heterocycles. The van der Waals surface area contributed by atoms with E-state index in [1.165, 1.54) is 0 Å². The van der Waals surface area contributed by atoms with E-state index in [0.717, 1.165) is 18.0 Å². The third-order valence-corrected chi connectivity index (χ3v) is 1.73. The maximum absolute atomic E-state index is 5.48. The molecule has 0 aliphatic carbocycles. The van der Waals surface area contributed by atoms with Gasteiger partial charge in [0.1, 0.15) is 12.4 Å². The third kappa shape index (κ3) is 3.58. The van der Waals surface area contributed by atoms with Crippen molar-refractivity contribution in [3.05, 3.63) is 36.2 Å². The standard InChI is InChI=1S/C11H16N2O/c1-3-4-7-14-11-5-6-13-10(8-11)9-12-2/h3-6,8,12H,7,9H2,1-2H3. The number of hydrogen-bond acceptors (Lipinski definition) is 3. The Morgan fingerprint density at radius 2 is 2.43 bits per heavy atom. The minimum Gasteiger partial charge on any atom is -0.489 e. The van der Waals surface area contributed by atoms with Gasteiger partial charge in [-0.25, -0.2) is 0 Å². The van der Waals surface area contributed by atoms with Crippen LogP contribution in [0.1, 0.15) is 12.6 Å². The van der Waals surface area contributed by atoms with E-state index in [1.54, 1.807) is 6.20 Å². The first-order chi connectivity index (χ1) is 6.86. The van der Waals surface area contributed by atoms with E-state index in [0.29, 0.717) is 6.61 Å². The van der Waals surface area contributed by atoms with Crippen molar-refractivity contribution in [3.8, 4) is 5.75 Å². The van der Waals surface area contributed by atoms with Crippen molar-refractivity contribution in [2.75, 3.05) is 13.7 Å². The average Bonchev–Trinajstić information content (AvgIpc) is 2.19. The summed E-state index contributed by atoms with van der Waals surface area (Å²) in [5, 5.41) is 3.05. The first-order valence-electron chi connectivity index (χ1n) is 4.70. The van der Waals surface area contributed by atoms with Gasteiger partial charge in [-0.1, -0.05) is 12.2 Å². The molecular weight excluding hydrogens is 176 g/mol. The minimum absolute atomic E-state index is 0.611. The highest BCUT2D eigenvalue weighted by atomic mass is 16.5. The van der Waals surface area contributed by atoms with Gasteiger partial charge in [0.2, 0.25) is 0 Å². The van der Waals surface area contributed by atoms with Gasteiger partial charge < -0.3 is 10.1 Å². The van der Waals surface area contributed by atoms with Crippen molar-refractivity contribution in [3.63, 3.8) is 0 Å². The Morgan fingerprint density at radius 3 is 3.14 bits per heavy atom. The number of aromatic nitrogens is 1. The first kappa shape index (κ1) is 10.7. The van der Waals surface area contributed by atoms with Crippen molar-refractivity contribution in [1.29, 1.82) is 0 Å². The Morgan fingerprint density at radius 1 is 1.57 bits per heavy atom. The summed E-state index contributed by atoms with van der Waals surface area (Å²) in [4.78, 5) is 4.20. The summed E-state index contributed by atoms with van der Waals surface area (Å²) >= 11 is 0. The Kier molecular flexibility index (Phi) is 4.72. The van der Waals surface area contributed by atoms with Crippen LogP contribution in [0, 0.1) is 0 Å². The Hall–Kier alpha value is -1.35. The fourth-order valence-electron chi connectivity index (χ4n) is 1.06. The van der Waals surface area contributed by atoms with Crippen LogP contribution < -0.4 is 10.1 Å². The Bertz CT molecular complexity index is 297. The molecule has 3 heteroatoms. The summed E-state index contributed by atoms with van der Waals surface area (Å²) in [6, 6.07) is 3.81. The number of nitrogens with one attached hydrogen (secondary N) is 1. The summed E-state index contributed by atoms with van der Waals surface area (Å²) in [6.45, 7) is 3.35. The second-order valence-electron chi connectivity index (χ2n) is 2.89. The average molecular weight is 192 g/mol. The number of pyridine rings is 1. The molecule has 1 aromatic rings. The van der Waals surface area contributed by atoms with Gasteiger partial charge in [0.25, 0.3) is 0 Å². The predicted molar refractivity (Wildman–Crippen MR) is 57.3 cm³/mol. The van der Waals surface area contributed by atoms with Crippen LogP contribution in [0.25, 0.3) is 0 Å². The van der Waals surface area contributed by atoms with E-state index in [1.807, 2.05) is 38.3 Å². The highest BCUT2D eigenvalue weighted by molar-refractivity contribution is 5.22. The maximum atomic E-state index is 5.48. The zero-order chi connectivity index (χ0) is 10.2. The van der Waals surface area contributed by atoms with Gasteiger partial charge in [-0.3, -0.25) is 4.98 Å². The van der Waals surface area contributed by atoms with Crippen molar-refractivity contribution < 1.29 is 4.74 Å². The zero-order valence-electron chi connectivity index (χ0n) is 8.66. The molecule has 0 atom stereocenters. The molecule has 3 nitrogen and oxygen atoms in total. The highest BCUT2D eigenvalue weighted by Crippen LogP contribution is 2.10. The van der Waals surface area contributed by atoms with Gasteiger partial charge in [-0.2, -0.15) is 0 Å². The zero-order valence-corrected chi connectivity index (χ0v) is 8.66. The van der Waals surface area contributed by atoms with Crippen LogP contribution in [0.3, 0.4) is 0 Å². The van der Waals surface area contributed by atoms with Crippen LogP contribution >= 0.6 is 0 Å². The van der Waals surface area contributed by atoms with E-state index in [2.05, 4.69) is 10.3 Å². The monoisotopic (exact) mass is 192 g/mol. The molecule has 0 spiro atoms. The van der Waals surface area contributed by atoms with Gasteiger partial charge in [0.05, 0.1) is 5.69 Å². The molecule has 1 aromatic heterocycles. The van der Waals surface area contributed by atoms with E-state index in [4.69, 9.17) is 4.74 Å². The number of ether oxygens (including phenoxy) is 1. The minimum atomic E-state index is 0.611. The molecule has 1 N–H and O–H groups in total. The van der Waals surface area contributed by atoms with E-state index in [9.17, 15) is 0 Å². The lowest BCUT2D eigenvalue weighted by Crippen LogP contribution is -2.07. The maximum Gasteiger partial charge on any atom is 0.123 e. The molecule has 0 bridgehead atoms. The van der Waals surface area contributed by atoms with Gasteiger partial charge in [-0.05, 0) is 20.0 Å². The predicted octanol–water partition coefficient (Wildman–Crippen LogP) is 1.76. The number of nitrogens with zero attached hydrogens (tertiary/aromatic N) is 1. The van der Waals surface area contributed by atoms with Crippen LogP contribution in [0.15, 0.2) is 30.5 Å². The van der Waals surface area contributed by atoms with Crippen LogP contribution in [0.4, 0.5) is 0 Å².